The SMILES string of the molecule is C[Si](C)(C[Te]c1ccccc1)C[Te]c1ccccc1. The Balaban J connectivity index is 1.82. The Morgan fingerprint density at radius 2 is 1.05 bits per heavy atom. The summed E-state index contributed by atoms with van der Waals surface area (Å²) in [5.41, 5.74) is 0. The Morgan fingerprint density at radius 1 is 0.684 bits per heavy atom. The third kappa shape index (κ3) is 6.03. The molecule has 100 valence electrons. The van der Waals surface area contributed by atoms with Crippen molar-refractivity contribution in [2.24, 2.45) is 0 Å². The van der Waals surface area contributed by atoms with Crippen LogP contribution in [0, 0.1) is 0 Å². The van der Waals surface area contributed by atoms with E-state index >= 15 is 0 Å². The molecule has 0 radical (unpaired) electrons. The molecule has 0 aliphatic heterocycles. The standard InChI is InChI=1S/C16H20SiTe2/c1-17(2,13-18-15-9-5-3-6-10-15)14-19-16-11-7-4-8-12-16/h3-12H,13-14H2,1-2H3. The van der Waals surface area contributed by atoms with Gasteiger partial charge in [-0.25, -0.2) is 0 Å². The van der Waals surface area contributed by atoms with Gasteiger partial charge in [0.05, 0.1) is 0 Å². The molecule has 2 rings (SSSR count). The monoisotopic (exact) mass is 500 g/mol. The van der Waals surface area contributed by atoms with Crippen LogP contribution in [0.4, 0.5) is 0 Å². The second-order valence-corrected chi connectivity index (χ2v) is 19.6. The van der Waals surface area contributed by atoms with Crippen LogP contribution in [-0.2, 0) is 0 Å². The second-order valence-electron chi connectivity index (χ2n) is 5.37. The van der Waals surface area contributed by atoms with Crippen LogP contribution in [0.25, 0.3) is 0 Å². The third-order valence-electron chi connectivity index (χ3n) is 2.75. The molecule has 2 aromatic rings. The van der Waals surface area contributed by atoms with Crippen LogP contribution in [0.5, 0.6) is 0 Å². The van der Waals surface area contributed by atoms with Crippen LogP contribution in [0.15, 0.2) is 60.7 Å². The summed E-state index contributed by atoms with van der Waals surface area (Å²) in [7, 11) is -0.953. The maximum absolute atomic E-state index is 2.59. The summed E-state index contributed by atoms with van der Waals surface area (Å²) in [5, 5.41) is 0. The van der Waals surface area contributed by atoms with Gasteiger partial charge in [-0.1, -0.05) is 0 Å². The minimum atomic E-state index is -0.953. The van der Waals surface area contributed by atoms with Crippen molar-refractivity contribution in [2.75, 3.05) is 0 Å². The van der Waals surface area contributed by atoms with E-state index in [2.05, 4.69) is 73.8 Å². The first kappa shape index (κ1) is 15.6. The molecule has 0 spiro atoms. The molecule has 0 saturated heterocycles. The first-order chi connectivity index (χ1) is 9.16. The Hall–Kier alpha value is 0.236. The summed E-state index contributed by atoms with van der Waals surface area (Å²) < 4.78 is 6.38. The van der Waals surface area contributed by atoms with Gasteiger partial charge in [0.2, 0.25) is 0 Å². The summed E-state index contributed by atoms with van der Waals surface area (Å²) in [6, 6.07) is 22.3. The zero-order chi connectivity index (χ0) is 13.6. The topological polar surface area (TPSA) is 0 Å². The molecular weight excluding hydrogens is 475 g/mol. The molecule has 0 aliphatic carbocycles. The summed E-state index contributed by atoms with van der Waals surface area (Å²) >= 11 is 0.0998. The van der Waals surface area contributed by atoms with Gasteiger partial charge in [0, 0.05) is 0 Å². The first-order valence-electron chi connectivity index (χ1n) is 6.51. The normalized spacial score (nSPS) is 11.5. The van der Waals surface area contributed by atoms with Crippen molar-refractivity contribution >= 4 is 57.1 Å². The summed E-state index contributed by atoms with van der Waals surface area (Å²) in [4.78, 5) is 0. The van der Waals surface area contributed by atoms with Crippen LogP contribution < -0.4 is 7.22 Å². The number of hydrogen-bond donors (Lipinski definition) is 0. The Labute approximate surface area is 138 Å². The van der Waals surface area contributed by atoms with Crippen molar-refractivity contribution in [1.82, 2.24) is 0 Å². The van der Waals surface area contributed by atoms with Gasteiger partial charge in [-0.2, -0.15) is 0 Å². The van der Waals surface area contributed by atoms with Crippen LogP contribution >= 0.6 is 0 Å². The van der Waals surface area contributed by atoms with E-state index < -0.39 is 8.07 Å². The minimum absolute atomic E-state index is 0.0499. The molecule has 0 fully saturated rings. The average molecular weight is 496 g/mol. The van der Waals surface area contributed by atoms with Crippen molar-refractivity contribution in [3.8, 4) is 0 Å². The Bertz CT molecular complexity index is 437. The van der Waals surface area contributed by atoms with Gasteiger partial charge in [0.15, 0.2) is 0 Å². The fraction of sp³-hybridized carbons (Fsp3) is 0.250. The van der Waals surface area contributed by atoms with E-state index in [-0.39, 0.29) is 41.8 Å². The van der Waals surface area contributed by atoms with Gasteiger partial charge in [-0.3, -0.25) is 0 Å². The van der Waals surface area contributed by atoms with Gasteiger partial charge < -0.3 is 0 Å². The molecule has 3 heteroatoms. The van der Waals surface area contributed by atoms with Crippen molar-refractivity contribution in [2.45, 2.75) is 21.3 Å². The predicted octanol–water partition coefficient (Wildman–Crippen LogP) is 2.67. The Morgan fingerprint density at radius 3 is 1.42 bits per heavy atom. The molecule has 0 aliphatic rings. The zero-order valence-corrected chi connectivity index (χ0v) is 17.2. The average Bonchev–Trinajstić information content (AvgIpc) is 2.46. The molecule has 19 heavy (non-hydrogen) atoms. The first-order valence-corrected chi connectivity index (χ1v) is 15.6. The van der Waals surface area contributed by atoms with Crippen molar-refractivity contribution in [3.63, 3.8) is 0 Å². The maximum atomic E-state index is 2.59. The van der Waals surface area contributed by atoms with Crippen molar-refractivity contribution in [3.05, 3.63) is 60.7 Å². The molecule has 0 unspecified atom stereocenters. The van der Waals surface area contributed by atoms with Gasteiger partial charge >= 0.3 is 139 Å². The van der Waals surface area contributed by atoms with E-state index in [0.717, 1.165) is 0 Å². The number of rotatable bonds is 6. The predicted molar refractivity (Wildman–Crippen MR) is 90.8 cm³/mol. The fourth-order valence-corrected chi connectivity index (χ4v) is 19.9. The summed E-state index contributed by atoms with van der Waals surface area (Å²) in [6.07, 6.45) is 0. The molecule has 0 amide bonds. The molecule has 0 nitrogen and oxygen atoms in total. The van der Waals surface area contributed by atoms with E-state index in [0.29, 0.717) is 0 Å². The van der Waals surface area contributed by atoms with E-state index in [4.69, 9.17) is 0 Å². The fourth-order valence-electron chi connectivity index (χ4n) is 1.63. The van der Waals surface area contributed by atoms with E-state index in [1.807, 2.05) is 0 Å². The van der Waals surface area contributed by atoms with Gasteiger partial charge in [0.25, 0.3) is 0 Å². The van der Waals surface area contributed by atoms with E-state index in [1.165, 1.54) is 0 Å². The molecule has 0 N–H and O–H groups in total. The number of hydrogen-bond acceptors (Lipinski definition) is 0. The number of benzene rings is 2. The van der Waals surface area contributed by atoms with Crippen molar-refractivity contribution < 1.29 is 0 Å². The zero-order valence-electron chi connectivity index (χ0n) is 11.5. The molecule has 2 aromatic carbocycles. The second kappa shape index (κ2) is 7.87. The van der Waals surface area contributed by atoms with Gasteiger partial charge in [-0.05, 0) is 0 Å². The van der Waals surface area contributed by atoms with Crippen LogP contribution in [0.1, 0.15) is 0 Å². The van der Waals surface area contributed by atoms with E-state index in [9.17, 15) is 0 Å². The summed E-state index contributed by atoms with van der Waals surface area (Å²) in [6.45, 7) is 5.18. The van der Waals surface area contributed by atoms with Crippen LogP contribution in [-0.4, -0.2) is 49.9 Å². The Kier molecular flexibility index (Phi) is 6.47. The van der Waals surface area contributed by atoms with Gasteiger partial charge in [0.1, 0.15) is 0 Å². The molecule has 0 aromatic heterocycles. The molecular formula is C16H20SiTe2. The van der Waals surface area contributed by atoms with Crippen molar-refractivity contribution in [1.29, 1.82) is 0 Å². The molecule has 0 heterocycles. The van der Waals surface area contributed by atoms with Crippen LogP contribution in [0.3, 0.4) is 0 Å². The third-order valence-corrected chi connectivity index (χ3v) is 23.9. The molecule has 0 bridgehead atoms. The van der Waals surface area contributed by atoms with Gasteiger partial charge in [-0.15, -0.1) is 0 Å². The quantitative estimate of drug-likeness (QED) is 0.541. The summed E-state index contributed by atoms with van der Waals surface area (Å²) in [5.74, 6) is 0. The molecule has 0 atom stereocenters. The molecule has 0 saturated carbocycles. The van der Waals surface area contributed by atoms with E-state index in [1.54, 1.807) is 15.4 Å². The van der Waals surface area contributed by atoms with Crippen LogP contribution in [0.2, 0.25) is 21.3 Å².